The molecule has 3 rings (SSSR count). The molecule has 29 heavy (non-hydrogen) atoms. The van der Waals surface area contributed by atoms with Gasteiger partial charge in [0.1, 0.15) is 5.75 Å². The number of ether oxygens (including phenoxy) is 1. The Kier molecular flexibility index (Phi) is 6.94. The summed E-state index contributed by atoms with van der Waals surface area (Å²) in [5.74, 6) is -0.471. The molecule has 152 valence electrons. The first-order chi connectivity index (χ1) is 14.0. The van der Waals surface area contributed by atoms with Crippen LogP contribution in [0.4, 0.5) is 14.5 Å². The van der Waals surface area contributed by atoms with E-state index >= 15 is 0 Å². The topological polar surface area (TPSA) is 58.6 Å². The minimum Gasteiger partial charge on any atom is -0.435 e. The number of benzene rings is 2. The molecule has 1 N–H and O–H groups in total. The van der Waals surface area contributed by atoms with Gasteiger partial charge in [-0.25, -0.2) is 0 Å². The van der Waals surface area contributed by atoms with Gasteiger partial charge in [-0.3, -0.25) is 9.59 Å². The molecule has 2 aromatic rings. The highest BCUT2D eigenvalue weighted by molar-refractivity contribution is 5.95. The minimum atomic E-state index is -2.87. The third kappa shape index (κ3) is 6.14. The van der Waals surface area contributed by atoms with Crippen molar-refractivity contribution in [2.24, 2.45) is 5.92 Å². The molecule has 0 radical (unpaired) electrons. The number of carbonyl (C=O) groups is 2. The van der Waals surface area contributed by atoms with Gasteiger partial charge in [-0.2, -0.15) is 8.78 Å². The van der Waals surface area contributed by atoms with Crippen LogP contribution in [-0.2, 0) is 9.59 Å². The lowest BCUT2D eigenvalue weighted by Gasteiger charge is -2.31. The molecule has 5 nitrogen and oxygen atoms in total. The van der Waals surface area contributed by atoms with Crippen LogP contribution in [0.1, 0.15) is 18.4 Å². The van der Waals surface area contributed by atoms with E-state index in [1.807, 2.05) is 30.3 Å². The summed E-state index contributed by atoms with van der Waals surface area (Å²) >= 11 is 0. The van der Waals surface area contributed by atoms with E-state index in [-0.39, 0.29) is 23.5 Å². The number of hydrogen-bond acceptors (Lipinski definition) is 3. The number of nitrogens with zero attached hydrogens (tertiary/aromatic N) is 1. The molecular weight excluding hydrogens is 378 g/mol. The Hall–Kier alpha value is -3.22. The van der Waals surface area contributed by atoms with Gasteiger partial charge >= 0.3 is 6.61 Å². The number of likely N-dealkylation sites (tertiary alicyclic amines) is 1. The molecule has 1 saturated heterocycles. The predicted octanol–water partition coefficient (Wildman–Crippen LogP) is 4.18. The second-order valence-electron chi connectivity index (χ2n) is 6.76. The minimum absolute atomic E-state index is 0.0618. The van der Waals surface area contributed by atoms with E-state index in [0.29, 0.717) is 18.7 Å². The molecule has 0 aliphatic carbocycles. The van der Waals surface area contributed by atoms with Crippen LogP contribution in [0.2, 0.25) is 0 Å². The summed E-state index contributed by atoms with van der Waals surface area (Å²) in [5.41, 5.74) is 1.43. The zero-order valence-corrected chi connectivity index (χ0v) is 15.8. The summed E-state index contributed by atoms with van der Waals surface area (Å²) in [7, 11) is 0. The lowest BCUT2D eigenvalue weighted by atomic mass is 9.97. The highest BCUT2D eigenvalue weighted by Crippen LogP contribution is 2.20. The van der Waals surface area contributed by atoms with Crippen LogP contribution in [0.5, 0.6) is 5.75 Å². The smallest absolute Gasteiger partial charge is 0.387 e. The van der Waals surface area contributed by atoms with Crippen molar-refractivity contribution < 1.29 is 23.1 Å². The zero-order chi connectivity index (χ0) is 20.6. The van der Waals surface area contributed by atoms with Crippen LogP contribution in [0.3, 0.4) is 0 Å². The number of carbonyl (C=O) groups excluding carboxylic acids is 2. The Morgan fingerprint density at radius 3 is 2.52 bits per heavy atom. The number of amides is 2. The number of anilines is 1. The highest BCUT2D eigenvalue weighted by atomic mass is 19.3. The molecule has 0 spiro atoms. The average molecular weight is 400 g/mol. The first-order valence-electron chi connectivity index (χ1n) is 9.39. The fourth-order valence-corrected chi connectivity index (χ4v) is 3.19. The van der Waals surface area contributed by atoms with Crippen LogP contribution in [0.15, 0.2) is 60.7 Å². The second-order valence-corrected chi connectivity index (χ2v) is 6.76. The fraction of sp³-hybridized carbons (Fsp3) is 0.273. The van der Waals surface area contributed by atoms with Gasteiger partial charge in [-0.05, 0) is 48.7 Å². The summed E-state index contributed by atoms with van der Waals surface area (Å²) in [5, 5.41) is 2.89. The standard InChI is InChI=1S/C22H22F2N2O3/c23-22(24)29-19-11-8-16(9-12-19)10-13-20(27)26-14-4-5-17(15-26)21(28)25-18-6-2-1-3-7-18/h1-3,6-13,17,22H,4-5,14-15H2,(H,25,28). The second kappa shape index (κ2) is 9.82. The molecular formula is C22H22F2N2O3. The van der Waals surface area contributed by atoms with Gasteiger partial charge in [0.2, 0.25) is 11.8 Å². The van der Waals surface area contributed by atoms with Crippen molar-refractivity contribution in [2.45, 2.75) is 19.5 Å². The van der Waals surface area contributed by atoms with Gasteiger partial charge in [-0.15, -0.1) is 0 Å². The third-order valence-corrected chi connectivity index (χ3v) is 4.67. The molecule has 2 aromatic carbocycles. The summed E-state index contributed by atoms with van der Waals surface area (Å²) in [6, 6.07) is 15.2. The van der Waals surface area contributed by atoms with E-state index in [1.54, 1.807) is 23.1 Å². The zero-order valence-electron chi connectivity index (χ0n) is 15.8. The van der Waals surface area contributed by atoms with E-state index in [4.69, 9.17) is 0 Å². The van der Waals surface area contributed by atoms with Crippen LogP contribution >= 0.6 is 0 Å². The van der Waals surface area contributed by atoms with Crippen LogP contribution in [-0.4, -0.2) is 36.4 Å². The Bertz CT molecular complexity index is 854. The van der Waals surface area contributed by atoms with E-state index in [1.165, 1.54) is 18.2 Å². The van der Waals surface area contributed by atoms with Crippen molar-refractivity contribution >= 4 is 23.6 Å². The molecule has 2 amide bonds. The highest BCUT2D eigenvalue weighted by Gasteiger charge is 2.27. The molecule has 1 heterocycles. The largest absolute Gasteiger partial charge is 0.435 e. The maximum absolute atomic E-state index is 12.5. The number of alkyl halides is 2. The van der Waals surface area contributed by atoms with Crippen molar-refractivity contribution in [1.82, 2.24) is 4.90 Å². The Morgan fingerprint density at radius 2 is 1.83 bits per heavy atom. The lowest BCUT2D eigenvalue weighted by molar-refractivity contribution is -0.130. The third-order valence-electron chi connectivity index (χ3n) is 4.67. The number of piperidine rings is 1. The van der Waals surface area contributed by atoms with E-state index in [0.717, 1.165) is 18.5 Å². The van der Waals surface area contributed by atoms with Gasteiger partial charge in [0.25, 0.3) is 0 Å². The molecule has 1 unspecified atom stereocenters. The maximum atomic E-state index is 12.5. The predicted molar refractivity (Wildman–Crippen MR) is 106 cm³/mol. The fourth-order valence-electron chi connectivity index (χ4n) is 3.19. The van der Waals surface area contributed by atoms with E-state index in [2.05, 4.69) is 10.1 Å². The summed E-state index contributed by atoms with van der Waals surface area (Å²) in [6.45, 7) is -1.91. The molecule has 1 aliphatic heterocycles. The molecule has 1 aliphatic rings. The monoisotopic (exact) mass is 400 g/mol. The summed E-state index contributed by atoms with van der Waals surface area (Å²) in [6.07, 6.45) is 4.53. The molecule has 0 saturated carbocycles. The van der Waals surface area contributed by atoms with Crippen molar-refractivity contribution in [2.75, 3.05) is 18.4 Å². The number of halogens is 2. The number of nitrogens with one attached hydrogen (secondary N) is 1. The van der Waals surface area contributed by atoms with E-state index < -0.39 is 6.61 Å². The van der Waals surface area contributed by atoms with Crippen molar-refractivity contribution in [3.8, 4) is 5.75 Å². The van der Waals surface area contributed by atoms with Crippen molar-refractivity contribution in [3.05, 3.63) is 66.2 Å². The SMILES string of the molecule is O=C(Nc1ccccc1)C1CCCN(C(=O)C=Cc2ccc(OC(F)F)cc2)C1. The Morgan fingerprint density at radius 1 is 1.10 bits per heavy atom. The van der Waals surface area contributed by atoms with Crippen molar-refractivity contribution in [3.63, 3.8) is 0 Å². The first kappa shape index (κ1) is 20.5. The van der Waals surface area contributed by atoms with Crippen molar-refractivity contribution in [1.29, 1.82) is 0 Å². The van der Waals surface area contributed by atoms with Gasteiger partial charge < -0.3 is 15.0 Å². The Balaban J connectivity index is 1.55. The van der Waals surface area contributed by atoms with Gasteiger partial charge in [0, 0.05) is 24.9 Å². The van der Waals surface area contributed by atoms with Gasteiger partial charge in [0.15, 0.2) is 0 Å². The summed E-state index contributed by atoms with van der Waals surface area (Å²) in [4.78, 5) is 26.6. The summed E-state index contributed by atoms with van der Waals surface area (Å²) < 4.78 is 28.6. The van der Waals surface area contributed by atoms with Gasteiger partial charge in [0.05, 0.1) is 5.92 Å². The van der Waals surface area contributed by atoms with Crippen LogP contribution in [0.25, 0.3) is 6.08 Å². The van der Waals surface area contributed by atoms with Crippen LogP contribution < -0.4 is 10.1 Å². The van der Waals surface area contributed by atoms with Gasteiger partial charge in [-0.1, -0.05) is 30.3 Å². The number of hydrogen-bond donors (Lipinski definition) is 1. The van der Waals surface area contributed by atoms with Crippen LogP contribution in [0, 0.1) is 5.92 Å². The first-order valence-corrected chi connectivity index (χ1v) is 9.39. The molecule has 7 heteroatoms. The molecule has 0 aromatic heterocycles. The normalized spacial score (nSPS) is 16.8. The molecule has 0 bridgehead atoms. The number of rotatable bonds is 6. The maximum Gasteiger partial charge on any atom is 0.387 e. The number of para-hydroxylation sites is 1. The molecule has 1 fully saturated rings. The lowest BCUT2D eigenvalue weighted by Crippen LogP contribution is -2.43. The Labute approximate surface area is 168 Å². The average Bonchev–Trinajstić information content (AvgIpc) is 2.73. The molecule has 1 atom stereocenters. The van der Waals surface area contributed by atoms with E-state index in [9.17, 15) is 18.4 Å². The quantitative estimate of drug-likeness (QED) is 0.740.